The Hall–Kier alpha value is -2.27. The zero-order valence-corrected chi connectivity index (χ0v) is 10.8. The average molecular weight is 280 g/mol. The number of nitrogens with zero attached hydrogens (tertiary/aromatic N) is 1. The van der Waals surface area contributed by atoms with Crippen LogP contribution in [0.2, 0.25) is 5.02 Å². The fourth-order valence-electron chi connectivity index (χ4n) is 1.48. The first-order chi connectivity index (χ1) is 9.10. The molecule has 0 heterocycles. The lowest BCUT2D eigenvalue weighted by molar-refractivity contribution is -0.384. The van der Waals surface area contributed by atoms with Gasteiger partial charge in [-0.1, -0.05) is 17.7 Å². The lowest BCUT2D eigenvalue weighted by Gasteiger charge is -2.08. The molecule has 0 N–H and O–H groups in total. The predicted octanol–water partition coefficient (Wildman–Crippen LogP) is 4.05. The summed E-state index contributed by atoms with van der Waals surface area (Å²) in [5, 5.41) is 11.0. The van der Waals surface area contributed by atoms with Gasteiger partial charge in [0.25, 0.3) is 5.69 Å². The topological polar surface area (TPSA) is 61.6 Å². The van der Waals surface area contributed by atoms with Crippen molar-refractivity contribution in [1.82, 2.24) is 0 Å². The van der Waals surface area contributed by atoms with Crippen molar-refractivity contribution >= 4 is 17.3 Å². The van der Waals surface area contributed by atoms with Gasteiger partial charge < -0.3 is 9.47 Å². The first-order valence-electron chi connectivity index (χ1n) is 5.36. The van der Waals surface area contributed by atoms with Gasteiger partial charge in [0.15, 0.2) is 0 Å². The van der Waals surface area contributed by atoms with Gasteiger partial charge in [-0.2, -0.15) is 0 Å². The van der Waals surface area contributed by atoms with Gasteiger partial charge in [0.1, 0.15) is 17.2 Å². The van der Waals surface area contributed by atoms with Gasteiger partial charge in [-0.3, -0.25) is 10.1 Å². The van der Waals surface area contributed by atoms with Gasteiger partial charge in [-0.25, -0.2) is 0 Å². The lowest BCUT2D eigenvalue weighted by Crippen LogP contribution is -1.90. The zero-order valence-electron chi connectivity index (χ0n) is 10.00. The van der Waals surface area contributed by atoms with E-state index in [1.54, 1.807) is 30.3 Å². The number of ether oxygens (including phenoxy) is 2. The summed E-state index contributed by atoms with van der Waals surface area (Å²) in [6.45, 7) is 0. The van der Waals surface area contributed by atoms with Crippen molar-refractivity contribution in [1.29, 1.82) is 0 Å². The van der Waals surface area contributed by atoms with Crippen LogP contribution in [0.25, 0.3) is 0 Å². The van der Waals surface area contributed by atoms with E-state index < -0.39 is 4.92 Å². The van der Waals surface area contributed by atoms with Crippen LogP contribution in [-0.2, 0) is 0 Å². The molecular formula is C13H10ClNO4. The van der Waals surface area contributed by atoms with Crippen molar-refractivity contribution in [2.45, 2.75) is 0 Å². The molecule has 5 nitrogen and oxygen atoms in total. The second kappa shape index (κ2) is 5.58. The highest BCUT2D eigenvalue weighted by atomic mass is 35.5. The molecule has 2 aromatic carbocycles. The zero-order chi connectivity index (χ0) is 13.8. The number of nitro groups is 1. The van der Waals surface area contributed by atoms with Crippen LogP contribution in [0.15, 0.2) is 42.5 Å². The maximum Gasteiger partial charge on any atom is 0.273 e. The van der Waals surface area contributed by atoms with Crippen LogP contribution in [-0.4, -0.2) is 12.0 Å². The molecule has 0 unspecified atom stereocenters. The molecule has 0 saturated heterocycles. The maximum absolute atomic E-state index is 10.7. The predicted molar refractivity (Wildman–Crippen MR) is 71.2 cm³/mol. The molecule has 0 aromatic heterocycles. The molecular weight excluding hydrogens is 270 g/mol. The Labute approximate surface area is 114 Å². The normalized spacial score (nSPS) is 10.0. The molecule has 0 atom stereocenters. The Morgan fingerprint density at radius 2 is 1.95 bits per heavy atom. The molecule has 0 aliphatic rings. The molecule has 2 aromatic rings. The number of non-ortho nitro benzene ring substituents is 1. The highest BCUT2D eigenvalue weighted by Gasteiger charge is 2.09. The van der Waals surface area contributed by atoms with Gasteiger partial charge in [0, 0.05) is 12.1 Å². The summed E-state index contributed by atoms with van der Waals surface area (Å²) in [7, 11) is 1.53. The summed E-state index contributed by atoms with van der Waals surface area (Å²) in [6.07, 6.45) is 0. The summed E-state index contributed by atoms with van der Waals surface area (Å²) in [5.41, 5.74) is -0.0397. The van der Waals surface area contributed by atoms with Gasteiger partial charge >= 0.3 is 0 Å². The Kier molecular flexibility index (Phi) is 3.87. The monoisotopic (exact) mass is 279 g/mol. The van der Waals surface area contributed by atoms with E-state index in [0.29, 0.717) is 22.3 Å². The molecule has 0 bridgehead atoms. The van der Waals surface area contributed by atoms with Gasteiger partial charge in [0.2, 0.25) is 0 Å². The molecule has 0 aliphatic carbocycles. The summed E-state index contributed by atoms with van der Waals surface area (Å²) in [4.78, 5) is 10.2. The summed E-state index contributed by atoms with van der Waals surface area (Å²) in [5.74, 6) is 1.36. The Morgan fingerprint density at radius 3 is 2.58 bits per heavy atom. The van der Waals surface area contributed by atoms with Crippen LogP contribution in [0, 0.1) is 10.1 Å². The molecule has 0 amide bonds. The van der Waals surface area contributed by atoms with Crippen molar-refractivity contribution in [2.75, 3.05) is 7.11 Å². The Bertz CT molecular complexity index is 615. The summed E-state index contributed by atoms with van der Waals surface area (Å²) >= 11 is 6.02. The Balaban J connectivity index is 2.26. The number of benzene rings is 2. The summed E-state index contributed by atoms with van der Waals surface area (Å²) < 4.78 is 10.5. The van der Waals surface area contributed by atoms with Crippen LogP contribution >= 0.6 is 11.6 Å². The molecule has 6 heteroatoms. The fraction of sp³-hybridized carbons (Fsp3) is 0.0769. The van der Waals surface area contributed by atoms with E-state index in [4.69, 9.17) is 21.1 Å². The molecule has 0 aliphatic heterocycles. The average Bonchev–Trinajstić information content (AvgIpc) is 2.41. The number of nitro benzene ring substituents is 1. The third-order valence-electron chi connectivity index (χ3n) is 2.40. The number of rotatable bonds is 4. The number of halogens is 1. The van der Waals surface area contributed by atoms with Crippen LogP contribution in [0.4, 0.5) is 5.69 Å². The van der Waals surface area contributed by atoms with E-state index in [1.165, 1.54) is 19.2 Å². The minimum Gasteiger partial charge on any atom is -0.497 e. The third-order valence-corrected chi connectivity index (χ3v) is 2.69. The quantitative estimate of drug-likeness (QED) is 0.626. The minimum atomic E-state index is -0.484. The molecule has 0 saturated carbocycles. The van der Waals surface area contributed by atoms with Crippen molar-refractivity contribution in [3.63, 3.8) is 0 Å². The van der Waals surface area contributed by atoms with E-state index in [2.05, 4.69) is 0 Å². The minimum absolute atomic E-state index is 0.0397. The first kappa shape index (κ1) is 13.2. The SMILES string of the molecule is COc1ccc(Oc2cccc([N+](=O)[O-])c2)c(Cl)c1. The largest absolute Gasteiger partial charge is 0.497 e. The van der Waals surface area contributed by atoms with Gasteiger partial charge in [-0.05, 0) is 18.2 Å². The summed E-state index contributed by atoms with van der Waals surface area (Å²) in [6, 6.07) is 10.8. The fourth-order valence-corrected chi connectivity index (χ4v) is 1.69. The molecule has 0 spiro atoms. The van der Waals surface area contributed by atoms with Crippen LogP contribution in [0.1, 0.15) is 0 Å². The highest BCUT2D eigenvalue weighted by Crippen LogP contribution is 2.33. The van der Waals surface area contributed by atoms with E-state index in [0.717, 1.165) is 0 Å². The van der Waals surface area contributed by atoms with Gasteiger partial charge in [0.05, 0.1) is 23.1 Å². The van der Waals surface area contributed by atoms with E-state index in [9.17, 15) is 10.1 Å². The van der Waals surface area contributed by atoms with Crippen LogP contribution in [0.3, 0.4) is 0 Å². The number of methoxy groups -OCH3 is 1. The smallest absolute Gasteiger partial charge is 0.273 e. The second-order valence-electron chi connectivity index (χ2n) is 3.65. The molecule has 98 valence electrons. The molecule has 2 rings (SSSR count). The first-order valence-corrected chi connectivity index (χ1v) is 5.74. The van der Waals surface area contributed by atoms with Crippen molar-refractivity contribution in [2.24, 2.45) is 0 Å². The number of hydrogen-bond acceptors (Lipinski definition) is 4. The molecule has 19 heavy (non-hydrogen) atoms. The second-order valence-corrected chi connectivity index (χ2v) is 4.06. The van der Waals surface area contributed by atoms with E-state index >= 15 is 0 Å². The highest BCUT2D eigenvalue weighted by molar-refractivity contribution is 6.32. The molecule has 0 radical (unpaired) electrons. The molecule has 0 fully saturated rings. The van der Waals surface area contributed by atoms with Crippen LogP contribution in [0.5, 0.6) is 17.2 Å². The van der Waals surface area contributed by atoms with Crippen molar-refractivity contribution in [3.8, 4) is 17.2 Å². The van der Waals surface area contributed by atoms with Crippen molar-refractivity contribution < 1.29 is 14.4 Å². The third kappa shape index (κ3) is 3.14. The van der Waals surface area contributed by atoms with E-state index in [1.807, 2.05) is 0 Å². The Morgan fingerprint density at radius 1 is 1.16 bits per heavy atom. The van der Waals surface area contributed by atoms with Crippen LogP contribution < -0.4 is 9.47 Å². The maximum atomic E-state index is 10.7. The number of hydrogen-bond donors (Lipinski definition) is 0. The van der Waals surface area contributed by atoms with Gasteiger partial charge in [-0.15, -0.1) is 0 Å². The van der Waals surface area contributed by atoms with E-state index in [-0.39, 0.29) is 5.69 Å². The van der Waals surface area contributed by atoms with Crippen molar-refractivity contribution in [3.05, 3.63) is 57.6 Å². The lowest BCUT2D eigenvalue weighted by atomic mass is 10.3. The standard InChI is InChI=1S/C13H10ClNO4/c1-18-10-5-6-13(12(14)8-10)19-11-4-2-3-9(7-11)15(16)17/h2-8H,1H3.